The van der Waals surface area contributed by atoms with Gasteiger partial charge in [0, 0.05) is 12.1 Å². The minimum atomic E-state index is -0.607. The van der Waals surface area contributed by atoms with Crippen molar-refractivity contribution in [2.45, 2.75) is 0 Å². The van der Waals surface area contributed by atoms with E-state index in [2.05, 4.69) is 10.6 Å². The second-order valence-electron chi connectivity index (χ2n) is 5.76. The Morgan fingerprint density at radius 3 is 2.61 bits per heavy atom. The number of thiocarbonyl (C=S) groups is 1. The number of carbonyl (C=O) groups excluding carboxylic acids is 1. The van der Waals surface area contributed by atoms with Crippen LogP contribution in [-0.4, -0.2) is 27.7 Å². The number of nitro groups is 1. The zero-order valence-corrected chi connectivity index (χ0v) is 15.2. The van der Waals surface area contributed by atoms with Crippen LogP contribution >= 0.6 is 12.2 Å². The normalized spacial score (nSPS) is 10.3. The second kappa shape index (κ2) is 8.31. The van der Waals surface area contributed by atoms with Crippen molar-refractivity contribution in [3.63, 3.8) is 0 Å². The first kappa shape index (κ1) is 19.1. The van der Waals surface area contributed by atoms with Crippen LogP contribution in [-0.2, 0) is 4.79 Å². The lowest BCUT2D eigenvalue weighted by molar-refractivity contribution is -0.384. The molecular weight excluding hydrogens is 382 g/mol. The van der Waals surface area contributed by atoms with Crippen LogP contribution in [0.1, 0.15) is 0 Å². The van der Waals surface area contributed by atoms with Gasteiger partial charge in [-0.3, -0.25) is 20.2 Å². The number of benzene rings is 3. The van der Waals surface area contributed by atoms with E-state index in [9.17, 15) is 20.0 Å². The average Bonchev–Trinajstić information content (AvgIpc) is 2.67. The maximum Gasteiger partial charge on any atom is 0.271 e. The molecule has 0 aliphatic heterocycles. The van der Waals surface area contributed by atoms with E-state index in [1.54, 1.807) is 6.07 Å². The molecule has 0 fully saturated rings. The maximum atomic E-state index is 12.0. The fraction of sp³-hybridized carbons (Fsp3) is 0.0526. The van der Waals surface area contributed by atoms with Gasteiger partial charge in [0.25, 0.3) is 11.6 Å². The van der Waals surface area contributed by atoms with Gasteiger partial charge < -0.3 is 15.2 Å². The summed E-state index contributed by atoms with van der Waals surface area (Å²) in [5.41, 5.74) is -0.219. The molecule has 3 aromatic carbocycles. The highest BCUT2D eigenvalue weighted by Gasteiger charge is 2.13. The second-order valence-corrected chi connectivity index (χ2v) is 6.17. The molecule has 0 saturated heterocycles. The molecule has 0 saturated carbocycles. The smallest absolute Gasteiger partial charge is 0.271 e. The van der Waals surface area contributed by atoms with Crippen molar-refractivity contribution in [2.24, 2.45) is 0 Å². The fourth-order valence-electron chi connectivity index (χ4n) is 2.46. The Bertz CT molecular complexity index is 1070. The number of nitrogens with zero attached hydrogens (tertiary/aromatic N) is 1. The van der Waals surface area contributed by atoms with E-state index in [-0.39, 0.29) is 28.8 Å². The summed E-state index contributed by atoms with van der Waals surface area (Å²) in [6.07, 6.45) is 0. The van der Waals surface area contributed by atoms with Gasteiger partial charge in [-0.05, 0) is 41.2 Å². The van der Waals surface area contributed by atoms with Crippen LogP contribution in [0.15, 0.2) is 60.7 Å². The molecule has 3 aromatic rings. The summed E-state index contributed by atoms with van der Waals surface area (Å²) < 4.78 is 5.46. The number of fused-ring (bicyclic) bond motifs is 1. The minimum absolute atomic E-state index is 0.00921. The fourth-order valence-corrected chi connectivity index (χ4v) is 2.68. The first-order chi connectivity index (χ1) is 13.4. The summed E-state index contributed by atoms with van der Waals surface area (Å²) >= 11 is 5.00. The van der Waals surface area contributed by atoms with Gasteiger partial charge >= 0.3 is 0 Å². The van der Waals surface area contributed by atoms with Crippen molar-refractivity contribution in [3.05, 3.63) is 70.8 Å². The molecule has 1 amide bonds. The molecule has 8 nitrogen and oxygen atoms in total. The van der Waals surface area contributed by atoms with Crippen LogP contribution in [0.2, 0.25) is 0 Å². The molecular formula is C19H15N3O5S. The van der Waals surface area contributed by atoms with E-state index >= 15 is 0 Å². The molecule has 0 aromatic heterocycles. The Morgan fingerprint density at radius 2 is 1.86 bits per heavy atom. The molecule has 28 heavy (non-hydrogen) atoms. The molecule has 0 heterocycles. The van der Waals surface area contributed by atoms with E-state index in [1.807, 2.05) is 36.4 Å². The quantitative estimate of drug-likeness (QED) is 0.262. The van der Waals surface area contributed by atoms with Crippen LogP contribution in [0.25, 0.3) is 10.8 Å². The number of anilines is 1. The van der Waals surface area contributed by atoms with Gasteiger partial charge in [-0.15, -0.1) is 0 Å². The summed E-state index contributed by atoms with van der Waals surface area (Å²) in [6, 6.07) is 16.6. The Balaban J connectivity index is 1.56. The van der Waals surface area contributed by atoms with Crippen molar-refractivity contribution in [1.82, 2.24) is 5.32 Å². The predicted octanol–water partition coefficient (Wildman–Crippen LogP) is 3.35. The Morgan fingerprint density at radius 1 is 1.11 bits per heavy atom. The highest BCUT2D eigenvalue weighted by molar-refractivity contribution is 7.80. The SMILES string of the molecule is O=C(COc1ccc2ccccc2c1)NC(=S)Nc1cc([N+](=O)[O-])ccc1O. The summed E-state index contributed by atoms with van der Waals surface area (Å²) in [5, 5.41) is 27.4. The molecule has 0 spiro atoms. The Hall–Kier alpha value is -3.72. The summed E-state index contributed by atoms with van der Waals surface area (Å²) in [4.78, 5) is 22.2. The molecule has 142 valence electrons. The highest BCUT2D eigenvalue weighted by Crippen LogP contribution is 2.27. The van der Waals surface area contributed by atoms with Crippen LogP contribution < -0.4 is 15.4 Å². The first-order valence-corrected chi connectivity index (χ1v) is 8.53. The van der Waals surface area contributed by atoms with Gasteiger partial charge in [0.15, 0.2) is 11.7 Å². The number of rotatable bonds is 5. The van der Waals surface area contributed by atoms with Gasteiger partial charge in [-0.1, -0.05) is 30.3 Å². The minimum Gasteiger partial charge on any atom is -0.506 e. The number of amides is 1. The lowest BCUT2D eigenvalue weighted by Gasteiger charge is -2.11. The van der Waals surface area contributed by atoms with Gasteiger partial charge in [-0.2, -0.15) is 0 Å². The van der Waals surface area contributed by atoms with Crippen LogP contribution in [0.3, 0.4) is 0 Å². The number of ether oxygens (including phenoxy) is 1. The molecule has 3 N–H and O–H groups in total. The van der Waals surface area contributed by atoms with E-state index in [0.717, 1.165) is 29.0 Å². The highest BCUT2D eigenvalue weighted by atomic mass is 32.1. The van der Waals surface area contributed by atoms with Gasteiger partial charge in [0.1, 0.15) is 11.5 Å². The third kappa shape index (κ3) is 4.71. The lowest BCUT2D eigenvalue weighted by Crippen LogP contribution is -2.37. The monoisotopic (exact) mass is 397 g/mol. The molecule has 0 aliphatic carbocycles. The molecule has 0 atom stereocenters. The van der Waals surface area contributed by atoms with Gasteiger partial charge in [0.05, 0.1) is 10.6 Å². The molecule has 0 radical (unpaired) electrons. The molecule has 0 aliphatic rings. The maximum absolute atomic E-state index is 12.0. The topological polar surface area (TPSA) is 114 Å². The van der Waals surface area contributed by atoms with Gasteiger partial charge in [0.2, 0.25) is 0 Å². The van der Waals surface area contributed by atoms with Crippen molar-refractivity contribution in [3.8, 4) is 11.5 Å². The van der Waals surface area contributed by atoms with Crippen LogP contribution in [0.5, 0.6) is 11.5 Å². The lowest BCUT2D eigenvalue weighted by atomic mass is 10.1. The molecule has 9 heteroatoms. The zero-order chi connectivity index (χ0) is 20.1. The number of phenols is 1. The summed E-state index contributed by atoms with van der Waals surface area (Å²) in [5.74, 6) is -0.228. The average molecular weight is 397 g/mol. The van der Waals surface area contributed by atoms with Crippen molar-refractivity contribution >= 4 is 45.4 Å². The van der Waals surface area contributed by atoms with Crippen molar-refractivity contribution in [1.29, 1.82) is 0 Å². The number of nitrogens with one attached hydrogen (secondary N) is 2. The van der Waals surface area contributed by atoms with E-state index in [4.69, 9.17) is 17.0 Å². The van der Waals surface area contributed by atoms with Crippen LogP contribution in [0.4, 0.5) is 11.4 Å². The number of hydrogen-bond acceptors (Lipinski definition) is 6. The third-order valence-corrected chi connectivity index (χ3v) is 3.99. The first-order valence-electron chi connectivity index (χ1n) is 8.12. The number of nitro benzene ring substituents is 1. The zero-order valence-electron chi connectivity index (χ0n) is 14.4. The number of phenolic OH excluding ortho intramolecular Hbond substituents is 1. The van der Waals surface area contributed by atoms with Crippen molar-refractivity contribution < 1.29 is 19.6 Å². The van der Waals surface area contributed by atoms with E-state index in [0.29, 0.717) is 5.75 Å². The number of hydrogen-bond donors (Lipinski definition) is 3. The third-order valence-electron chi connectivity index (χ3n) is 3.78. The van der Waals surface area contributed by atoms with E-state index in [1.165, 1.54) is 0 Å². The summed E-state index contributed by atoms with van der Waals surface area (Å²) in [6.45, 7) is -0.277. The summed E-state index contributed by atoms with van der Waals surface area (Å²) in [7, 11) is 0. The van der Waals surface area contributed by atoms with Crippen LogP contribution in [0, 0.1) is 10.1 Å². The Kier molecular flexibility index (Phi) is 5.66. The number of aromatic hydroxyl groups is 1. The molecule has 0 unspecified atom stereocenters. The largest absolute Gasteiger partial charge is 0.506 e. The molecule has 0 bridgehead atoms. The Labute approximate surface area is 164 Å². The predicted molar refractivity (Wildman–Crippen MR) is 109 cm³/mol. The number of non-ortho nitro benzene ring substituents is 1. The van der Waals surface area contributed by atoms with Crippen molar-refractivity contribution in [2.75, 3.05) is 11.9 Å². The standard InChI is InChI=1S/C19H15N3O5S/c23-17-8-6-14(22(25)26)10-16(17)20-19(28)21-18(24)11-27-15-7-5-12-3-1-2-4-13(12)9-15/h1-10,23H,11H2,(H2,20,21,24,28). The molecule has 3 rings (SSSR count). The number of carbonyl (C=O) groups is 1. The van der Waals surface area contributed by atoms with E-state index < -0.39 is 10.8 Å². The van der Waals surface area contributed by atoms with Gasteiger partial charge in [-0.25, -0.2) is 0 Å².